The van der Waals surface area contributed by atoms with Gasteiger partial charge in [-0.3, -0.25) is 0 Å². The van der Waals surface area contributed by atoms with E-state index in [1.165, 1.54) is 0 Å². The quantitative estimate of drug-likeness (QED) is 0.772. The van der Waals surface area contributed by atoms with E-state index in [1.807, 2.05) is 52.0 Å². The smallest absolute Gasteiger partial charge is 0.319 e. The summed E-state index contributed by atoms with van der Waals surface area (Å²) in [4.78, 5) is 11.6. The van der Waals surface area contributed by atoms with Crippen molar-refractivity contribution in [1.82, 2.24) is 5.32 Å². The van der Waals surface area contributed by atoms with Crippen LogP contribution in [0, 0.1) is 12.3 Å². The van der Waals surface area contributed by atoms with Gasteiger partial charge in [0.25, 0.3) is 0 Å². The molecule has 2 amide bonds. The summed E-state index contributed by atoms with van der Waals surface area (Å²) in [7, 11) is 0. The first kappa shape index (κ1) is 14.5. The van der Waals surface area contributed by atoms with E-state index in [1.54, 1.807) is 0 Å². The van der Waals surface area contributed by atoms with Crippen LogP contribution in [0.1, 0.15) is 26.3 Å². The minimum atomic E-state index is -0.569. The van der Waals surface area contributed by atoms with Crippen LogP contribution in [0.25, 0.3) is 0 Å². The zero-order chi connectivity index (χ0) is 13.8. The first-order valence-corrected chi connectivity index (χ1v) is 6.08. The predicted octanol–water partition coefficient (Wildman–Crippen LogP) is 2.52. The second-order valence-corrected chi connectivity index (χ2v) is 5.59. The van der Waals surface area contributed by atoms with E-state index < -0.39 is 6.10 Å². The molecule has 0 aromatic heterocycles. The van der Waals surface area contributed by atoms with Crippen molar-refractivity contribution in [2.24, 2.45) is 5.41 Å². The Morgan fingerprint density at radius 2 is 2.06 bits per heavy atom. The summed E-state index contributed by atoms with van der Waals surface area (Å²) >= 11 is 0. The van der Waals surface area contributed by atoms with E-state index in [2.05, 4.69) is 10.6 Å². The second-order valence-electron chi connectivity index (χ2n) is 5.59. The number of carbonyl (C=O) groups is 1. The monoisotopic (exact) mass is 250 g/mol. The molecule has 1 rings (SSSR count). The molecule has 0 aliphatic heterocycles. The van der Waals surface area contributed by atoms with E-state index in [0.717, 1.165) is 11.3 Å². The maximum absolute atomic E-state index is 11.6. The average Bonchev–Trinajstić information content (AvgIpc) is 2.24. The molecule has 1 atom stereocenters. The SMILES string of the molecule is Cc1cccc(NC(=O)NCC(O)C(C)(C)C)c1. The lowest BCUT2D eigenvalue weighted by atomic mass is 9.89. The van der Waals surface area contributed by atoms with Crippen LogP contribution < -0.4 is 10.6 Å². The number of anilines is 1. The zero-order valence-electron chi connectivity index (χ0n) is 11.4. The molecule has 0 aliphatic rings. The van der Waals surface area contributed by atoms with Gasteiger partial charge in [0, 0.05) is 12.2 Å². The van der Waals surface area contributed by atoms with Crippen LogP contribution in [0.15, 0.2) is 24.3 Å². The highest BCUT2D eigenvalue weighted by Gasteiger charge is 2.22. The largest absolute Gasteiger partial charge is 0.391 e. The minimum Gasteiger partial charge on any atom is -0.391 e. The number of amides is 2. The molecule has 4 nitrogen and oxygen atoms in total. The first-order valence-electron chi connectivity index (χ1n) is 6.08. The third kappa shape index (κ3) is 4.75. The van der Waals surface area contributed by atoms with Crippen molar-refractivity contribution in [2.75, 3.05) is 11.9 Å². The highest BCUT2D eigenvalue weighted by Crippen LogP contribution is 2.18. The van der Waals surface area contributed by atoms with Crippen molar-refractivity contribution >= 4 is 11.7 Å². The summed E-state index contributed by atoms with van der Waals surface area (Å²) in [5, 5.41) is 15.2. The van der Waals surface area contributed by atoms with Crippen LogP contribution >= 0.6 is 0 Å². The molecule has 1 aromatic rings. The van der Waals surface area contributed by atoms with Gasteiger partial charge in [-0.1, -0.05) is 32.9 Å². The molecule has 0 aliphatic carbocycles. The fourth-order valence-electron chi connectivity index (χ4n) is 1.39. The lowest BCUT2D eigenvalue weighted by Crippen LogP contribution is -2.40. The Morgan fingerprint density at radius 1 is 1.39 bits per heavy atom. The number of aliphatic hydroxyl groups excluding tert-OH is 1. The standard InChI is InChI=1S/C14H22N2O2/c1-10-6-5-7-11(8-10)16-13(18)15-9-12(17)14(2,3)4/h5-8,12,17H,9H2,1-4H3,(H2,15,16,18). The Labute approximate surface area is 108 Å². The van der Waals surface area contributed by atoms with Crippen molar-refractivity contribution < 1.29 is 9.90 Å². The van der Waals surface area contributed by atoms with Gasteiger partial charge >= 0.3 is 6.03 Å². The Morgan fingerprint density at radius 3 is 2.61 bits per heavy atom. The molecule has 1 unspecified atom stereocenters. The lowest BCUT2D eigenvalue weighted by molar-refractivity contribution is 0.0654. The Bertz CT molecular complexity index is 411. The fourth-order valence-corrected chi connectivity index (χ4v) is 1.39. The molecule has 0 radical (unpaired) electrons. The molecule has 18 heavy (non-hydrogen) atoms. The van der Waals surface area contributed by atoms with Crippen molar-refractivity contribution in [1.29, 1.82) is 0 Å². The number of benzene rings is 1. The first-order chi connectivity index (χ1) is 8.29. The van der Waals surface area contributed by atoms with Crippen LogP contribution in [-0.2, 0) is 0 Å². The molecule has 0 spiro atoms. The zero-order valence-corrected chi connectivity index (χ0v) is 11.4. The number of rotatable bonds is 3. The Kier molecular flexibility index (Phi) is 4.73. The molecule has 4 heteroatoms. The number of aryl methyl sites for hydroxylation is 1. The van der Waals surface area contributed by atoms with E-state index in [9.17, 15) is 9.90 Å². The molecule has 0 heterocycles. The van der Waals surface area contributed by atoms with E-state index >= 15 is 0 Å². The normalized spacial score (nSPS) is 12.9. The van der Waals surface area contributed by atoms with Crippen LogP contribution in [0.5, 0.6) is 0 Å². The van der Waals surface area contributed by atoms with Crippen LogP contribution in [-0.4, -0.2) is 23.8 Å². The third-order valence-electron chi connectivity index (χ3n) is 2.73. The van der Waals surface area contributed by atoms with Crippen molar-refractivity contribution in [3.8, 4) is 0 Å². The molecule has 3 N–H and O–H groups in total. The van der Waals surface area contributed by atoms with E-state index in [-0.39, 0.29) is 18.0 Å². The van der Waals surface area contributed by atoms with Gasteiger partial charge in [0.1, 0.15) is 0 Å². The molecule has 1 aromatic carbocycles. The van der Waals surface area contributed by atoms with Gasteiger partial charge < -0.3 is 15.7 Å². The number of urea groups is 1. The third-order valence-corrected chi connectivity index (χ3v) is 2.73. The van der Waals surface area contributed by atoms with Crippen LogP contribution in [0.2, 0.25) is 0 Å². The molecule has 0 fully saturated rings. The maximum atomic E-state index is 11.6. The van der Waals surface area contributed by atoms with Gasteiger partial charge in [0.15, 0.2) is 0 Å². The molecule has 100 valence electrons. The number of nitrogens with one attached hydrogen (secondary N) is 2. The molecule has 0 saturated carbocycles. The molecular formula is C14H22N2O2. The summed E-state index contributed by atoms with van der Waals surface area (Å²) in [6.07, 6.45) is -0.569. The van der Waals surface area contributed by atoms with Gasteiger partial charge in [0.2, 0.25) is 0 Å². The summed E-state index contributed by atoms with van der Waals surface area (Å²) in [6, 6.07) is 7.26. The van der Waals surface area contributed by atoms with Crippen molar-refractivity contribution in [3.05, 3.63) is 29.8 Å². The number of hydrogen-bond donors (Lipinski definition) is 3. The van der Waals surface area contributed by atoms with E-state index in [0.29, 0.717) is 0 Å². The summed E-state index contributed by atoms with van der Waals surface area (Å²) in [5.74, 6) is 0. The van der Waals surface area contributed by atoms with Crippen LogP contribution in [0.3, 0.4) is 0 Å². The summed E-state index contributed by atoms with van der Waals surface area (Å²) < 4.78 is 0. The van der Waals surface area contributed by atoms with E-state index in [4.69, 9.17) is 0 Å². The highest BCUT2D eigenvalue weighted by molar-refractivity contribution is 5.89. The van der Waals surface area contributed by atoms with Gasteiger partial charge in [-0.2, -0.15) is 0 Å². The van der Waals surface area contributed by atoms with Crippen molar-refractivity contribution in [2.45, 2.75) is 33.8 Å². The average molecular weight is 250 g/mol. The summed E-state index contributed by atoms with van der Waals surface area (Å²) in [6.45, 7) is 7.99. The van der Waals surface area contributed by atoms with Gasteiger partial charge in [-0.05, 0) is 30.0 Å². The Hall–Kier alpha value is -1.55. The van der Waals surface area contributed by atoms with Crippen LogP contribution in [0.4, 0.5) is 10.5 Å². The topological polar surface area (TPSA) is 61.4 Å². The number of hydrogen-bond acceptors (Lipinski definition) is 2. The molecular weight excluding hydrogens is 228 g/mol. The van der Waals surface area contributed by atoms with Gasteiger partial charge in [-0.15, -0.1) is 0 Å². The second kappa shape index (κ2) is 5.87. The van der Waals surface area contributed by atoms with Crippen molar-refractivity contribution in [3.63, 3.8) is 0 Å². The predicted molar refractivity (Wildman–Crippen MR) is 73.7 cm³/mol. The lowest BCUT2D eigenvalue weighted by Gasteiger charge is -2.25. The fraction of sp³-hybridized carbons (Fsp3) is 0.500. The minimum absolute atomic E-state index is 0.237. The Balaban J connectivity index is 2.43. The molecule has 0 bridgehead atoms. The number of carbonyl (C=O) groups excluding carboxylic acids is 1. The number of aliphatic hydroxyl groups is 1. The highest BCUT2D eigenvalue weighted by atomic mass is 16.3. The summed E-state index contributed by atoms with van der Waals surface area (Å²) in [5.41, 5.74) is 1.59. The van der Waals surface area contributed by atoms with Gasteiger partial charge in [-0.25, -0.2) is 4.79 Å². The maximum Gasteiger partial charge on any atom is 0.319 e. The van der Waals surface area contributed by atoms with Gasteiger partial charge in [0.05, 0.1) is 6.10 Å². The molecule has 0 saturated heterocycles.